The fourth-order valence-electron chi connectivity index (χ4n) is 4.42. The molecular weight excluding hydrogens is 328 g/mol. The third-order valence-corrected chi connectivity index (χ3v) is 6.07. The molecule has 2 heterocycles. The van der Waals surface area contributed by atoms with Crippen LogP contribution in [0.5, 0.6) is 5.75 Å². The summed E-state index contributed by atoms with van der Waals surface area (Å²) in [5.74, 6) is 1.75. The molecule has 26 heavy (non-hydrogen) atoms. The summed E-state index contributed by atoms with van der Waals surface area (Å²) in [6.45, 7) is 2.83. The van der Waals surface area contributed by atoms with E-state index in [2.05, 4.69) is 0 Å². The summed E-state index contributed by atoms with van der Waals surface area (Å²) in [6.07, 6.45) is 6.18. The Bertz CT molecular complexity index is 628. The molecule has 0 aromatic heterocycles. The quantitative estimate of drug-likeness (QED) is 0.833. The Morgan fingerprint density at radius 2 is 1.38 bits per heavy atom. The smallest absolute Gasteiger partial charge is 0.226 e. The van der Waals surface area contributed by atoms with Crippen molar-refractivity contribution in [3.63, 3.8) is 0 Å². The number of hydrogen-bond acceptors (Lipinski definition) is 3. The molecule has 0 unspecified atom stereocenters. The van der Waals surface area contributed by atoms with Gasteiger partial charge >= 0.3 is 0 Å². The number of carbonyl (C=O) groups excluding carboxylic acids is 2. The second-order valence-corrected chi connectivity index (χ2v) is 7.88. The summed E-state index contributed by atoms with van der Waals surface area (Å²) in [4.78, 5) is 29.1. The van der Waals surface area contributed by atoms with Crippen LogP contribution in [0.2, 0.25) is 0 Å². The van der Waals surface area contributed by atoms with Crippen molar-refractivity contribution in [3.05, 3.63) is 30.3 Å². The van der Waals surface area contributed by atoms with Crippen LogP contribution in [0.4, 0.5) is 0 Å². The molecule has 1 saturated carbocycles. The topological polar surface area (TPSA) is 49.9 Å². The first-order chi connectivity index (χ1) is 12.7. The van der Waals surface area contributed by atoms with Crippen LogP contribution in [0, 0.1) is 11.8 Å². The first kappa shape index (κ1) is 17.4. The van der Waals surface area contributed by atoms with E-state index in [0.29, 0.717) is 19.0 Å². The highest BCUT2D eigenvalue weighted by Crippen LogP contribution is 2.29. The number of likely N-dealkylation sites (tertiary alicyclic amines) is 2. The van der Waals surface area contributed by atoms with E-state index < -0.39 is 0 Å². The molecule has 1 aliphatic carbocycles. The number of rotatable bonds is 4. The van der Waals surface area contributed by atoms with Gasteiger partial charge in [0.2, 0.25) is 11.8 Å². The van der Waals surface area contributed by atoms with Gasteiger partial charge in [-0.15, -0.1) is 0 Å². The number of para-hydroxylation sites is 1. The highest BCUT2D eigenvalue weighted by molar-refractivity contribution is 5.81. The molecule has 0 spiro atoms. The van der Waals surface area contributed by atoms with Crippen LogP contribution >= 0.6 is 0 Å². The van der Waals surface area contributed by atoms with E-state index >= 15 is 0 Å². The Hall–Kier alpha value is -2.04. The molecule has 2 amide bonds. The molecule has 1 aromatic carbocycles. The van der Waals surface area contributed by atoms with Crippen LogP contribution in [-0.2, 0) is 9.59 Å². The Kier molecular flexibility index (Phi) is 5.14. The van der Waals surface area contributed by atoms with E-state index in [-0.39, 0.29) is 23.8 Å². The predicted octanol–water partition coefficient (Wildman–Crippen LogP) is 2.71. The third-order valence-electron chi connectivity index (χ3n) is 6.07. The summed E-state index contributed by atoms with van der Waals surface area (Å²) >= 11 is 0. The zero-order chi connectivity index (χ0) is 17.9. The predicted molar refractivity (Wildman–Crippen MR) is 98.7 cm³/mol. The van der Waals surface area contributed by atoms with Gasteiger partial charge in [0, 0.05) is 24.9 Å². The van der Waals surface area contributed by atoms with Crippen molar-refractivity contribution in [2.24, 2.45) is 11.8 Å². The van der Waals surface area contributed by atoms with E-state index in [0.717, 1.165) is 44.5 Å². The Labute approximate surface area is 155 Å². The van der Waals surface area contributed by atoms with Gasteiger partial charge in [0.05, 0.1) is 13.1 Å². The number of benzene rings is 1. The third kappa shape index (κ3) is 3.71. The van der Waals surface area contributed by atoms with Crippen molar-refractivity contribution >= 4 is 11.8 Å². The second-order valence-electron chi connectivity index (χ2n) is 7.88. The van der Waals surface area contributed by atoms with Crippen LogP contribution in [0.3, 0.4) is 0 Å². The van der Waals surface area contributed by atoms with E-state index in [9.17, 15) is 9.59 Å². The maximum Gasteiger partial charge on any atom is 0.226 e. The van der Waals surface area contributed by atoms with Crippen molar-refractivity contribution in [2.75, 3.05) is 26.2 Å². The molecule has 5 nitrogen and oxygen atoms in total. The molecule has 4 rings (SSSR count). The first-order valence-corrected chi connectivity index (χ1v) is 10.00. The number of hydrogen-bond donors (Lipinski definition) is 0. The molecule has 0 atom stereocenters. The highest BCUT2D eigenvalue weighted by atomic mass is 16.5. The average Bonchev–Trinajstić information content (AvgIpc) is 3.19. The van der Waals surface area contributed by atoms with E-state index in [1.807, 2.05) is 40.1 Å². The van der Waals surface area contributed by atoms with E-state index in [4.69, 9.17) is 4.74 Å². The number of amides is 2. The van der Waals surface area contributed by atoms with Gasteiger partial charge in [-0.1, -0.05) is 31.0 Å². The maximum absolute atomic E-state index is 12.7. The molecule has 5 heteroatoms. The molecule has 2 saturated heterocycles. The minimum Gasteiger partial charge on any atom is -0.487 e. The molecule has 3 aliphatic rings. The minimum absolute atomic E-state index is 0.0697. The van der Waals surface area contributed by atoms with Crippen molar-refractivity contribution in [3.8, 4) is 5.75 Å². The lowest BCUT2D eigenvalue weighted by Crippen LogP contribution is -2.58. The van der Waals surface area contributed by atoms with Crippen molar-refractivity contribution in [1.29, 1.82) is 0 Å². The molecule has 0 bridgehead atoms. The lowest BCUT2D eigenvalue weighted by atomic mass is 9.92. The van der Waals surface area contributed by atoms with Gasteiger partial charge in [-0.05, 0) is 37.8 Å². The second kappa shape index (κ2) is 7.68. The molecule has 0 N–H and O–H groups in total. The van der Waals surface area contributed by atoms with Gasteiger partial charge in [-0.25, -0.2) is 0 Å². The van der Waals surface area contributed by atoms with Gasteiger partial charge in [0.1, 0.15) is 11.9 Å². The Balaban J connectivity index is 1.20. The largest absolute Gasteiger partial charge is 0.487 e. The van der Waals surface area contributed by atoms with E-state index in [1.54, 1.807) is 0 Å². The normalized spacial score (nSPS) is 22.3. The van der Waals surface area contributed by atoms with Crippen LogP contribution in [0.15, 0.2) is 30.3 Å². The summed E-state index contributed by atoms with van der Waals surface area (Å²) in [7, 11) is 0. The first-order valence-electron chi connectivity index (χ1n) is 10.00. The Morgan fingerprint density at radius 1 is 0.808 bits per heavy atom. The summed E-state index contributed by atoms with van der Waals surface area (Å²) < 4.78 is 5.88. The number of piperidine rings is 1. The lowest BCUT2D eigenvalue weighted by molar-refractivity contribution is -0.148. The SMILES string of the molecule is O=C(C1CCCC1)N1CCC(C(=O)N2CC(Oc3ccccc3)C2)CC1. The lowest BCUT2D eigenvalue weighted by Gasteiger charge is -2.42. The zero-order valence-corrected chi connectivity index (χ0v) is 15.3. The van der Waals surface area contributed by atoms with Crippen LogP contribution in [-0.4, -0.2) is 53.9 Å². The molecule has 1 aromatic rings. The summed E-state index contributed by atoms with van der Waals surface area (Å²) in [5.41, 5.74) is 0. The molecule has 140 valence electrons. The van der Waals surface area contributed by atoms with Gasteiger partial charge in [0.25, 0.3) is 0 Å². The number of carbonyl (C=O) groups is 2. The number of ether oxygens (including phenoxy) is 1. The molecule has 3 fully saturated rings. The monoisotopic (exact) mass is 356 g/mol. The van der Waals surface area contributed by atoms with Crippen LogP contribution in [0.25, 0.3) is 0 Å². The van der Waals surface area contributed by atoms with Crippen molar-refractivity contribution in [2.45, 2.75) is 44.6 Å². The van der Waals surface area contributed by atoms with Crippen molar-refractivity contribution in [1.82, 2.24) is 9.80 Å². The minimum atomic E-state index is 0.0697. The van der Waals surface area contributed by atoms with Crippen LogP contribution < -0.4 is 4.74 Å². The van der Waals surface area contributed by atoms with Crippen molar-refractivity contribution < 1.29 is 14.3 Å². The Morgan fingerprint density at radius 3 is 2.04 bits per heavy atom. The molecular formula is C21H28N2O3. The fourth-order valence-corrected chi connectivity index (χ4v) is 4.42. The van der Waals surface area contributed by atoms with Gasteiger partial charge < -0.3 is 14.5 Å². The molecule has 0 radical (unpaired) electrons. The fraction of sp³-hybridized carbons (Fsp3) is 0.619. The van der Waals surface area contributed by atoms with E-state index in [1.165, 1.54) is 12.8 Å². The molecule has 2 aliphatic heterocycles. The van der Waals surface area contributed by atoms with Gasteiger partial charge in [-0.3, -0.25) is 9.59 Å². The maximum atomic E-state index is 12.7. The van der Waals surface area contributed by atoms with Gasteiger partial charge in [0.15, 0.2) is 0 Å². The standard InChI is InChI=1S/C21H28N2O3/c24-20(16-6-4-5-7-16)22-12-10-17(11-13-22)21(25)23-14-19(15-23)26-18-8-2-1-3-9-18/h1-3,8-9,16-17,19H,4-7,10-15H2. The van der Waals surface area contributed by atoms with Crippen LogP contribution in [0.1, 0.15) is 38.5 Å². The highest BCUT2D eigenvalue weighted by Gasteiger charge is 2.38. The van der Waals surface area contributed by atoms with Gasteiger partial charge in [-0.2, -0.15) is 0 Å². The summed E-state index contributed by atoms with van der Waals surface area (Å²) in [5, 5.41) is 0. The summed E-state index contributed by atoms with van der Waals surface area (Å²) in [6, 6.07) is 9.77. The zero-order valence-electron chi connectivity index (χ0n) is 15.3. The number of nitrogens with zero attached hydrogens (tertiary/aromatic N) is 2. The average molecular weight is 356 g/mol.